The van der Waals surface area contributed by atoms with Crippen molar-refractivity contribution in [2.75, 3.05) is 45.8 Å². The number of likely N-dealkylation sites (N-methyl/N-ethyl adjacent to an activating group) is 1. The third kappa shape index (κ3) is 10.4. The summed E-state index contributed by atoms with van der Waals surface area (Å²) in [6.45, 7) is 15.5. The Morgan fingerprint density at radius 3 is 2.50 bits per heavy atom. The Hall–Kier alpha value is -4.12. The summed E-state index contributed by atoms with van der Waals surface area (Å²) < 4.78 is 45.4. The van der Waals surface area contributed by atoms with Crippen LogP contribution in [0.5, 0.6) is 5.88 Å². The molecule has 0 radical (unpaired) electrons. The van der Waals surface area contributed by atoms with Crippen LogP contribution in [0, 0.1) is 34.3 Å². The summed E-state index contributed by atoms with van der Waals surface area (Å²) in [5.74, 6) is 4.32. The number of hydrogen-bond acceptors (Lipinski definition) is 11. The van der Waals surface area contributed by atoms with Crippen molar-refractivity contribution < 1.29 is 41.7 Å². The number of sulfone groups is 1. The highest BCUT2D eigenvalue weighted by molar-refractivity contribution is 7.91. The fraction of sp³-hybridized carbons (Fsp3) is 0.471. The topological polar surface area (TPSA) is 152 Å². The maximum absolute atomic E-state index is 12.8. The molecule has 3 atom stereocenters. The van der Waals surface area contributed by atoms with E-state index in [0.29, 0.717) is 24.9 Å². The molecule has 1 heterocycles. The quantitative estimate of drug-likeness (QED) is 0.0763. The van der Waals surface area contributed by atoms with Crippen LogP contribution >= 0.6 is 11.6 Å². The maximum atomic E-state index is 12.8. The van der Waals surface area contributed by atoms with Crippen molar-refractivity contribution in [3.63, 3.8) is 0 Å². The van der Waals surface area contributed by atoms with Crippen LogP contribution < -0.4 is 9.64 Å². The number of aromatic nitrogens is 2. The van der Waals surface area contributed by atoms with Crippen LogP contribution in [0.15, 0.2) is 81.8 Å². The van der Waals surface area contributed by atoms with Crippen molar-refractivity contribution in [1.29, 1.82) is 0 Å². The number of ether oxygens (including phenoxy) is 3. The number of esters is 2. The molecule has 0 amide bonds. The van der Waals surface area contributed by atoms with Gasteiger partial charge in [0.1, 0.15) is 6.61 Å². The van der Waals surface area contributed by atoms with E-state index in [1.807, 2.05) is 18.0 Å². The Morgan fingerprint density at radius 2 is 1.83 bits per heavy atom. The Morgan fingerprint density at radius 1 is 1.17 bits per heavy atom. The normalized spacial score (nSPS) is 19.1. The van der Waals surface area contributed by atoms with Crippen LogP contribution in [0.1, 0.15) is 39.0 Å². The molecule has 1 fully saturated rings. The Labute approximate surface area is 286 Å². The lowest BCUT2D eigenvalue weighted by atomic mass is 9.61. The number of benzene rings is 1. The lowest BCUT2D eigenvalue weighted by Crippen LogP contribution is -2.36. The van der Waals surface area contributed by atoms with E-state index in [4.69, 9.17) is 25.8 Å². The Balaban J connectivity index is 1.31. The van der Waals surface area contributed by atoms with Crippen LogP contribution in [0.4, 0.5) is 0 Å². The zero-order chi connectivity index (χ0) is 35.3. The molecule has 0 saturated heterocycles. The first-order chi connectivity index (χ1) is 22.8. The van der Waals surface area contributed by atoms with Crippen LogP contribution in [-0.4, -0.2) is 76.3 Å². The second-order valence-electron chi connectivity index (χ2n) is 11.8. The van der Waals surface area contributed by atoms with Gasteiger partial charge in [-0.2, -0.15) is 0 Å². The predicted octanol–water partition coefficient (Wildman–Crippen LogP) is 4.28. The molecule has 1 aromatic heterocycles. The molecule has 3 rings (SSSR count). The zero-order valence-corrected chi connectivity index (χ0v) is 28.9. The highest BCUT2D eigenvalue weighted by Gasteiger charge is 2.39. The largest absolute Gasteiger partial charge is 0.464 e. The minimum absolute atomic E-state index is 0.0246. The molecule has 1 aliphatic rings. The van der Waals surface area contributed by atoms with Gasteiger partial charge in [-0.05, 0) is 60.6 Å². The van der Waals surface area contributed by atoms with Gasteiger partial charge in [-0.15, -0.1) is 18.2 Å². The molecule has 0 unspecified atom stereocenters. The number of allylic oxidation sites excluding steroid dienone is 2. The van der Waals surface area contributed by atoms with Gasteiger partial charge in [-0.25, -0.2) is 8.42 Å². The van der Waals surface area contributed by atoms with Gasteiger partial charge < -0.3 is 19.4 Å². The highest BCUT2D eigenvalue weighted by atomic mass is 35.5. The van der Waals surface area contributed by atoms with Crippen molar-refractivity contribution in [1.82, 2.24) is 10.1 Å². The van der Waals surface area contributed by atoms with Crippen molar-refractivity contribution in [3.05, 3.63) is 72.5 Å². The first-order valence-electron chi connectivity index (χ1n) is 15.4. The SMILES string of the molecule is C=C[C@]1(C)CC[C@@H](C(=C)CN(C)CCOC(=O)CCC(=O)OCC#CCOc2no[n+]([O-])c2S(=O)(=O)c2ccccc2)C[C@H]1C(=C)CCl. The van der Waals surface area contributed by atoms with Gasteiger partial charge in [-0.3, -0.25) is 19.1 Å². The predicted molar refractivity (Wildman–Crippen MR) is 177 cm³/mol. The van der Waals surface area contributed by atoms with Crippen LogP contribution in [0.25, 0.3) is 0 Å². The molecule has 14 heteroatoms. The molecule has 0 bridgehead atoms. The van der Waals surface area contributed by atoms with E-state index in [9.17, 15) is 23.2 Å². The standard InChI is InChI=1S/C34H42ClN3O9S/c1-6-34(4)17-16-27(22-29(34)25(2)23-35)26(3)24-37(5)18-21-45-31(40)15-14-30(39)44-19-10-11-20-46-32-33(38(41)47-36-32)48(42,43)28-12-8-7-9-13-28/h6-9,12-13,27,29H,1-3,14-24H2,4-5H3/t27-,29+,34-/m1/s1. The summed E-state index contributed by atoms with van der Waals surface area (Å²) in [6, 6.07) is 7.24. The number of hydrogen-bond donors (Lipinski definition) is 0. The fourth-order valence-corrected chi connectivity index (χ4v) is 6.94. The van der Waals surface area contributed by atoms with Crippen LogP contribution in [0.3, 0.4) is 0 Å². The number of halogens is 1. The molecule has 1 saturated carbocycles. The smallest absolute Gasteiger partial charge is 0.415 e. The van der Waals surface area contributed by atoms with Gasteiger partial charge in [0.15, 0.2) is 13.2 Å². The van der Waals surface area contributed by atoms with Gasteiger partial charge in [0, 0.05) is 19.0 Å². The van der Waals surface area contributed by atoms with E-state index in [0.717, 1.165) is 30.4 Å². The van der Waals surface area contributed by atoms with Gasteiger partial charge in [0.25, 0.3) is 9.84 Å². The molecule has 2 aromatic rings. The van der Waals surface area contributed by atoms with Crippen molar-refractivity contribution >= 4 is 33.4 Å². The van der Waals surface area contributed by atoms with Gasteiger partial charge in [0.05, 0.1) is 22.9 Å². The summed E-state index contributed by atoms with van der Waals surface area (Å²) in [7, 11) is -2.32. The summed E-state index contributed by atoms with van der Waals surface area (Å²) in [6.07, 6.45) is 4.62. The molecule has 1 aliphatic carbocycles. The van der Waals surface area contributed by atoms with Crippen molar-refractivity contribution in [2.24, 2.45) is 17.3 Å². The number of alkyl halides is 1. The van der Waals surface area contributed by atoms with Crippen molar-refractivity contribution in [3.8, 4) is 17.7 Å². The number of carbonyl (C=O) groups is 2. The average Bonchev–Trinajstić information content (AvgIpc) is 3.46. The minimum Gasteiger partial charge on any atom is -0.464 e. The first-order valence-corrected chi connectivity index (χ1v) is 17.4. The van der Waals surface area contributed by atoms with E-state index < -0.39 is 32.7 Å². The Bertz CT molecular complexity index is 1630. The highest BCUT2D eigenvalue weighted by Crippen LogP contribution is 2.49. The number of nitrogens with zero attached hydrogens (tertiary/aromatic N) is 3. The lowest BCUT2D eigenvalue weighted by Gasteiger charge is -2.44. The summed E-state index contributed by atoms with van der Waals surface area (Å²) >= 11 is 6.12. The maximum Gasteiger partial charge on any atom is 0.415 e. The molecule has 0 aliphatic heterocycles. The average molecular weight is 704 g/mol. The van der Waals surface area contributed by atoms with Gasteiger partial charge in [-0.1, -0.05) is 67.3 Å². The minimum atomic E-state index is -4.26. The third-order valence-corrected chi connectivity index (χ3v) is 10.4. The van der Waals surface area contributed by atoms with E-state index in [2.05, 4.69) is 48.3 Å². The van der Waals surface area contributed by atoms with Gasteiger partial charge >= 0.3 is 22.8 Å². The van der Waals surface area contributed by atoms with Gasteiger partial charge in [0.2, 0.25) is 0 Å². The van der Waals surface area contributed by atoms with Crippen LogP contribution in [0.2, 0.25) is 0 Å². The summed E-state index contributed by atoms with van der Waals surface area (Å²) in [5, 5.41) is 14.4. The molecule has 48 heavy (non-hydrogen) atoms. The first kappa shape index (κ1) is 38.3. The summed E-state index contributed by atoms with van der Waals surface area (Å²) in [5.41, 5.74) is 2.12. The second kappa shape index (κ2) is 17.9. The number of rotatable bonds is 17. The Kier molecular flexibility index (Phi) is 14.3. The zero-order valence-electron chi connectivity index (χ0n) is 27.3. The van der Waals surface area contributed by atoms with E-state index in [1.165, 1.54) is 24.3 Å². The monoisotopic (exact) mass is 703 g/mol. The molecule has 0 N–H and O–H groups in total. The summed E-state index contributed by atoms with van der Waals surface area (Å²) in [4.78, 5) is 25.8. The molecular weight excluding hydrogens is 662 g/mol. The fourth-order valence-electron chi connectivity index (χ4n) is 5.45. The molecule has 260 valence electrons. The molecule has 12 nitrogen and oxygen atoms in total. The lowest BCUT2D eigenvalue weighted by molar-refractivity contribution is -0.832. The molecule has 0 spiro atoms. The van der Waals surface area contributed by atoms with E-state index in [-0.39, 0.29) is 53.8 Å². The number of carbonyl (C=O) groups excluding carboxylic acids is 2. The third-order valence-electron chi connectivity index (χ3n) is 8.36. The van der Waals surface area contributed by atoms with E-state index in [1.54, 1.807) is 6.07 Å². The molecular formula is C34H42ClN3O9S. The molecule has 1 aromatic carbocycles. The van der Waals surface area contributed by atoms with Crippen molar-refractivity contribution in [2.45, 2.75) is 48.9 Å². The van der Waals surface area contributed by atoms with E-state index >= 15 is 0 Å². The second-order valence-corrected chi connectivity index (χ2v) is 13.9. The van der Waals surface area contributed by atoms with Crippen LogP contribution in [-0.2, 0) is 28.9 Å².